The lowest BCUT2D eigenvalue weighted by atomic mass is 9.92. The second-order valence-corrected chi connectivity index (χ2v) is 10.7. The first-order valence-corrected chi connectivity index (χ1v) is 14.8. The molecular weight excluding hydrogens is 532 g/mol. The molecule has 1 heterocycles. The number of aromatic nitrogens is 2. The molecule has 0 saturated heterocycles. The Hall–Kier alpha value is -5.86. The molecule has 2 heteroatoms. The van der Waals surface area contributed by atoms with Gasteiger partial charge in [-0.1, -0.05) is 164 Å². The van der Waals surface area contributed by atoms with Gasteiger partial charge in [0.2, 0.25) is 0 Å². The smallest absolute Gasteiger partial charge is 0.0972 e. The maximum absolute atomic E-state index is 5.10. The number of benzene rings is 6. The van der Waals surface area contributed by atoms with Gasteiger partial charge in [0.15, 0.2) is 0 Å². The van der Waals surface area contributed by atoms with Gasteiger partial charge in [-0.2, -0.15) is 0 Å². The zero-order valence-electron chi connectivity index (χ0n) is 24.2. The summed E-state index contributed by atoms with van der Waals surface area (Å²) in [6.45, 7) is 0. The van der Waals surface area contributed by atoms with Crippen molar-refractivity contribution in [2.24, 2.45) is 0 Å². The molecule has 7 aromatic rings. The lowest BCUT2D eigenvalue weighted by Gasteiger charge is -2.13. The average molecular weight is 563 g/mol. The van der Waals surface area contributed by atoms with Crippen molar-refractivity contribution in [1.82, 2.24) is 9.97 Å². The molecule has 0 fully saturated rings. The summed E-state index contributed by atoms with van der Waals surface area (Å²) >= 11 is 0. The van der Waals surface area contributed by atoms with Crippen molar-refractivity contribution in [3.8, 4) is 44.9 Å². The van der Waals surface area contributed by atoms with Crippen LogP contribution < -0.4 is 0 Å². The van der Waals surface area contributed by atoms with Crippen LogP contribution in [0, 0.1) is 0 Å². The fourth-order valence-corrected chi connectivity index (χ4v) is 5.50. The lowest BCUT2D eigenvalue weighted by Crippen LogP contribution is -1.96. The normalized spacial score (nSPS) is 11.3. The first kappa shape index (κ1) is 27.0. The van der Waals surface area contributed by atoms with Gasteiger partial charge >= 0.3 is 0 Å². The highest BCUT2D eigenvalue weighted by Crippen LogP contribution is 2.34. The maximum atomic E-state index is 5.10. The Morgan fingerprint density at radius 3 is 1.61 bits per heavy atom. The van der Waals surface area contributed by atoms with Crippen LogP contribution >= 0.6 is 0 Å². The third-order valence-corrected chi connectivity index (χ3v) is 7.75. The molecule has 208 valence electrons. The van der Waals surface area contributed by atoms with Gasteiger partial charge in [-0.05, 0) is 45.5 Å². The van der Waals surface area contributed by atoms with Crippen molar-refractivity contribution in [3.05, 3.63) is 193 Å². The van der Waals surface area contributed by atoms with E-state index in [1.807, 2.05) is 42.6 Å². The van der Waals surface area contributed by atoms with Gasteiger partial charge < -0.3 is 0 Å². The van der Waals surface area contributed by atoms with Crippen molar-refractivity contribution in [3.63, 3.8) is 0 Å². The van der Waals surface area contributed by atoms with Gasteiger partial charge in [-0.25, -0.2) is 4.98 Å². The molecular formula is C42H30N2. The molecule has 0 amide bonds. The summed E-state index contributed by atoms with van der Waals surface area (Å²) in [6.07, 6.45) is 4.14. The minimum atomic E-state index is 0.861. The molecule has 2 nitrogen and oxygen atoms in total. The Morgan fingerprint density at radius 2 is 0.932 bits per heavy atom. The topological polar surface area (TPSA) is 25.8 Å². The zero-order chi connectivity index (χ0) is 29.6. The summed E-state index contributed by atoms with van der Waals surface area (Å²) in [4.78, 5) is 10.0. The monoisotopic (exact) mass is 562 g/mol. The molecule has 7 rings (SSSR count). The summed E-state index contributed by atoms with van der Waals surface area (Å²) in [6, 6.07) is 59.0. The van der Waals surface area contributed by atoms with E-state index >= 15 is 0 Å². The Balaban J connectivity index is 1.26. The predicted molar refractivity (Wildman–Crippen MR) is 184 cm³/mol. The van der Waals surface area contributed by atoms with E-state index in [1.54, 1.807) is 0 Å². The van der Waals surface area contributed by atoms with Crippen LogP contribution in [0.4, 0.5) is 0 Å². The summed E-state index contributed by atoms with van der Waals surface area (Å²) in [7, 11) is 0. The number of hydrogen-bond donors (Lipinski definition) is 0. The minimum absolute atomic E-state index is 0.861. The highest BCUT2D eigenvalue weighted by atomic mass is 14.8. The number of rotatable bonds is 7. The third-order valence-electron chi connectivity index (χ3n) is 7.75. The Morgan fingerprint density at radius 1 is 0.409 bits per heavy atom. The van der Waals surface area contributed by atoms with Crippen molar-refractivity contribution in [2.75, 3.05) is 0 Å². The Kier molecular flexibility index (Phi) is 7.71. The second-order valence-electron chi connectivity index (χ2n) is 10.7. The molecule has 44 heavy (non-hydrogen) atoms. The van der Waals surface area contributed by atoms with Crippen LogP contribution in [0.2, 0.25) is 0 Å². The number of hydrogen-bond acceptors (Lipinski definition) is 2. The standard InChI is InChI=1S/C42H30N2/c1-5-14-31(15-6-1)28-39(33-16-7-2-8-17-33)38-23-13-22-37(29-38)32-24-26-36(27-25-32)41-42(35-20-11-4-12-21-35)44-40(30-43-41)34-18-9-3-10-19-34/h1-30H/b39-28+. The average Bonchev–Trinajstić information content (AvgIpc) is 3.12. The van der Waals surface area contributed by atoms with Gasteiger partial charge in [0, 0.05) is 16.7 Å². The molecule has 6 aromatic carbocycles. The minimum Gasteiger partial charge on any atom is -0.252 e. The third kappa shape index (κ3) is 5.88. The largest absolute Gasteiger partial charge is 0.252 e. The second kappa shape index (κ2) is 12.6. The van der Waals surface area contributed by atoms with Gasteiger partial charge in [-0.3, -0.25) is 4.98 Å². The molecule has 0 N–H and O–H groups in total. The van der Waals surface area contributed by atoms with Gasteiger partial charge in [0.25, 0.3) is 0 Å². The van der Waals surface area contributed by atoms with Crippen LogP contribution in [0.25, 0.3) is 56.5 Å². The molecule has 0 aliphatic carbocycles. The fraction of sp³-hybridized carbons (Fsp3) is 0. The number of nitrogens with zero attached hydrogens (tertiary/aromatic N) is 2. The summed E-state index contributed by atoms with van der Waals surface area (Å²) < 4.78 is 0. The summed E-state index contributed by atoms with van der Waals surface area (Å²) in [5.74, 6) is 0. The quantitative estimate of drug-likeness (QED) is 0.181. The SMILES string of the molecule is C(=C(/c1ccccc1)c1cccc(-c2ccc(-c3ncc(-c4ccccc4)nc3-c3ccccc3)cc2)c1)/c1ccccc1. The van der Waals surface area contributed by atoms with Crippen molar-refractivity contribution in [1.29, 1.82) is 0 Å². The Bertz CT molecular complexity index is 2010. The van der Waals surface area contributed by atoms with Crippen LogP contribution in [-0.2, 0) is 0 Å². The van der Waals surface area contributed by atoms with E-state index in [0.717, 1.165) is 44.9 Å². The van der Waals surface area contributed by atoms with E-state index in [-0.39, 0.29) is 0 Å². The molecule has 0 bridgehead atoms. The highest BCUT2D eigenvalue weighted by molar-refractivity contribution is 5.92. The molecule has 0 aliphatic heterocycles. The van der Waals surface area contributed by atoms with Crippen molar-refractivity contribution < 1.29 is 0 Å². The molecule has 0 saturated carbocycles. The Labute approximate surface area is 258 Å². The van der Waals surface area contributed by atoms with E-state index in [4.69, 9.17) is 9.97 Å². The molecule has 0 unspecified atom stereocenters. The van der Waals surface area contributed by atoms with E-state index in [2.05, 4.69) is 140 Å². The van der Waals surface area contributed by atoms with E-state index in [0.29, 0.717) is 0 Å². The molecule has 1 aromatic heterocycles. The fourth-order valence-electron chi connectivity index (χ4n) is 5.50. The predicted octanol–water partition coefficient (Wildman–Crippen LogP) is 10.7. The maximum Gasteiger partial charge on any atom is 0.0972 e. The summed E-state index contributed by atoms with van der Waals surface area (Å²) in [5, 5.41) is 0. The van der Waals surface area contributed by atoms with Gasteiger partial charge in [0.05, 0.1) is 23.3 Å². The van der Waals surface area contributed by atoms with Crippen LogP contribution in [0.3, 0.4) is 0 Å². The molecule has 0 atom stereocenters. The van der Waals surface area contributed by atoms with E-state index < -0.39 is 0 Å². The van der Waals surface area contributed by atoms with Crippen LogP contribution in [0.1, 0.15) is 16.7 Å². The van der Waals surface area contributed by atoms with Crippen LogP contribution in [-0.4, -0.2) is 9.97 Å². The molecule has 0 aliphatic rings. The van der Waals surface area contributed by atoms with Crippen LogP contribution in [0.5, 0.6) is 0 Å². The lowest BCUT2D eigenvalue weighted by molar-refractivity contribution is 1.21. The van der Waals surface area contributed by atoms with E-state index in [1.165, 1.54) is 22.3 Å². The van der Waals surface area contributed by atoms with Crippen molar-refractivity contribution in [2.45, 2.75) is 0 Å². The first-order valence-electron chi connectivity index (χ1n) is 14.8. The van der Waals surface area contributed by atoms with Crippen LogP contribution in [0.15, 0.2) is 176 Å². The molecule has 0 spiro atoms. The highest BCUT2D eigenvalue weighted by Gasteiger charge is 2.14. The van der Waals surface area contributed by atoms with Gasteiger partial charge in [-0.15, -0.1) is 0 Å². The molecule has 0 radical (unpaired) electrons. The van der Waals surface area contributed by atoms with Crippen molar-refractivity contribution >= 4 is 11.6 Å². The summed E-state index contributed by atoms with van der Waals surface area (Å²) in [5.41, 5.74) is 12.8. The first-order chi connectivity index (χ1) is 21.8. The zero-order valence-corrected chi connectivity index (χ0v) is 24.2. The van der Waals surface area contributed by atoms with Gasteiger partial charge in [0.1, 0.15) is 0 Å². The van der Waals surface area contributed by atoms with E-state index in [9.17, 15) is 0 Å².